The predicted molar refractivity (Wildman–Crippen MR) is 92.4 cm³/mol. The number of nitrogens with zero attached hydrogens (tertiary/aromatic N) is 1. The molecule has 1 aliphatic heterocycles. The van der Waals surface area contributed by atoms with Crippen LogP contribution in [0.3, 0.4) is 0 Å². The molecule has 0 bridgehead atoms. The van der Waals surface area contributed by atoms with Crippen molar-refractivity contribution < 1.29 is 9.53 Å². The van der Waals surface area contributed by atoms with Crippen LogP contribution in [0.2, 0.25) is 0 Å². The molecule has 0 unspecified atom stereocenters. The minimum Gasteiger partial charge on any atom is -0.469 e. The summed E-state index contributed by atoms with van der Waals surface area (Å²) < 4.78 is 4.88. The summed E-state index contributed by atoms with van der Waals surface area (Å²) in [6.45, 7) is 2.33. The lowest BCUT2D eigenvalue weighted by atomic mass is 9.69. The zero-order valence-corrected chi connectivity index (χ0v) is 14.3. The predicted octanol–water partition coefficient (Wildman–Crippen LogP) is 3.92. The molecule has 0 aromatic heterocycles. The van der Waals surface area contributed by atoms with Gasteiger partial charge in [-0.3, -0.25) is 4.79 Å². The minimum atomic E-state index is -0.0847. The molecule has 1 heterocycles. The Bertz CT molecular complexity index is 500. The fourth-order valence-electron chi connectivity index (χ4n) is 4.50. The fourth-order valence-corrected chi connectivity index (χ4v) is 4.50. The van der Waals surface area contributed by atoms with Gasteiger partial charge in [0.15, 0.2) is 0 Å². The summed E-state index contributed by atoms with van der Waals surface area (Å²) >= 11 is 0. The number of carbonyl (C=O) groups is 1. The number of benzene rings is 1. The number of hydrogen-bond acceptors (Lipinski definition) is 3. The molecule has 1 aromatic carbocycles. The lowest BCUT2D eigenvalue weighted by Crippen LogP contribution is -2.46. The van der Waals surface area contributed by atoms with Crippen molar-refractivity contribution in [1.82, 2.24) is 4.90 Å². The monoisotopic (exact) mass is 315 g/mol. The van der Waals surface area contributed by atoms with Crippen LogP contribution in [0, 0.1) is 0 Å². The van der Waals surface area contributed by atoms with Crippen molar-refractivity contribution in [2.75, 3.05) is 20.2 Å². The van der Waals surface area contributed by atoms with E-state index in [1.807, 2.05) is 0 Å². The van der Waals surface area contributed by atoms with Crippen molar-refractivity contribution in [2.45, 2.75) is 62.8 Å². The van der Waals surface area contributed by atoms with Gasteiger partial charge < -0.3 is 9.64 Å². The molecule has 3 nitrogen and oxygen atoms in total. The van der Waals surface area contributed by atoms with E-state index in [0.717, 1.165) is 25.3 Å². The van der Waals surface area contributed by atoms with Gasteiger partial charge >= 0.3 is 5.97 Å². The Balaban J connectivity index is 1.71. The Labute approximate surface area is 140 Å². The number of carbonyl (C=O) groups excluding carboxylic acids is 1. The molecule has 2 aliphatic rings. The molecule has 3 heteroatoms. The highest BCUT2D eigenvalue weighted by Gasteiger charge is 2.38. The quantitative estimate of drug-likeness (QED) is 0.771. The number of hydrogen-bond donors (Lipinski definition) is 0. The molecule has 0 radical (unpaired) electrons. The topological polar surface area (TPSA) is 29.5 Å². The van der Waals surface area contributed by atoms with Crippen LogP contribution < -0.4 is 0 Å². The molecule has 1 saturated heterocycles. The van der Waals surface area contributed by atoms with Crippen LogP contribution in [0.1, 0.15) is 56.9 Å². The van der Waals surface area contributed by atoms with Crippen LogP contribution >= 0.6 is 0 Å². The van der Waals surface area contributed by atoms with Gasteiger partial charge in [0.05, 0.1) is 7.11 Å². The van der Waals surface area contributed by atoms with Crippen LogP contribution in [0.5, 0.6) is 0 Å². The third kappa shape index (κ3) is 3.77. The first-order valence-electron chi connectivity index (χ1n) is 9.10. The first kappa shape index (κ1) is 16.5. The molecule has 0 N–H and O–H groups in total. The molecule has 3 rings (SSSR count). The van der Waals surface area contributed by atoms with Crippen molar-refractivity contribution >= 4 is 5.97 Å². The van der Waals surface area contributed by atoms with E-state index in [9.17, 15) is 4.79 Å². The Kier molecular flexibility index (Phi) is 5.37. The minimum absolute atomic E-state index is 0.0847. The van der Waals surface area contributed by atoms with E-state index in [4.69, 9.17) is 4.74 Å². The molecule has 1 aromatic rings. The van der Waals surface area contributed by atoms with Gasteiger partial charge in [0, 0.05) is 12.5 Å². The van der Waals surface area contributed by atoms with Crippen molar-refractivity contribution in [3.8, 4) is 0 Å². The Morgan fingerprint density at radius 1 is 1.17 bits per heavy atom. The maximum Gasteiger partial charge on any atom is 0.305 e. The second kappa shape index (κ2) is 7.48. The van der Waals surface area contributed by atoms with Gasteiger partial charge in [-0.2, -0.15) is 0 Å². The summed E-state index contributed by atoms with van der Waals surface area (Å²) in [4.78, 5) is 14.4. The van der Waals surface area contributed by atoms with Gasteiger partial charge in [-0.15, -0.1) is 0 Å². The summed E-state index contributed by atoms with van der Waals surface area (Å²) in [5.74, 6) is -0.0847. The average molecular weight is 315 g/mol. The first-order chi connectivity index (χ1) is 11.2. The molecule has 0 atom stereocenters. The van der Waals surface area contributed by atoms with Crippen molar-refractivity contribution in [2.24, 2.45) is 0 Å². The molecule has 0 spiro atoms. The van der Waals surface area contributed by atoms with Crippen molar-refractivity contribution in [3.63, 3.8) is 0 Å². The number of esters is 1. The number of methoxy groups -OCH3 is 1. The molecule has 126 valence electrons. The zero-order chi connectivity index (χ0) is 16.1. The number of ether oxygens (including phenoxy) is 1. The molecule has 0 amide bonds. The first-order valence-corrected chi connectivity index (χ1v) is 9.10. The lowest BCUT2D eigenvalue weighted by molar-refractivity contribution is -0.141. The molecule has 1 aliphatic carbocycles. The van der Waals surface area contributed by atoms with Gasteiger partial charge in [-0.05, 0) is 56.2 Å². The summed E-state index contributed by atoms with van der Waals surface area (Å²) in [5, 5.41) is 0. The van der Waals surface area contributed by atoms with Crippen LogP contribution in [0.25, 0.3) is 0 Å². The van der Waals surface area contributed by atoms with Crippen molar-refractivity contribution in [1.29, 1.82) is 0 Å². The lowest BCUT2D eigenvalue weighted by Gasteiger charge is -2.44. The van der Waals surface area contributed by atoms with E-state index in [1.165, 1.54) is 51.4 Å². The second-order valence-electron chi connectivity index (χ2n) is 7.20. The summed E-state index contributed by atoms with van der Waals surface area (Å²) in [6, 6.07) is 11.6. The summed E-state index contributed by atoms with van der Waals surface area (Å²) in [6.07, 6.45) is 9.29. The maximum absolute atomic E-state index is 11.7. The summed E-state index contributed by atoms with van der Waals surface area (Å²) in [7, 11) is 1.49. The third-order valence-electron chi connectivity index (χ3n) is 6.02. The van der Waals surface area contributed by atoms with Crippen LogP contribution in [-0.4, -0.2) is 37.1 Å². The fraction of sp³-hybridized carbons (Fsp3) is 0.650. The van der Waals surface area contributed by atoms with Crippen LogP contribution in [0.4, 0.5) is 0 Å². The highest BCUT2D eigenvalue weighted by Crippen LogP contribution is 2.41. The van der Waals surface area contributed by atoms with E-state index >= 15 is 0 Å². The van der Waals surface area contributed by atoms with E-state index in [1.54, 1.807) is 0 Å². The average Bonchev–Trinajstić information content (AvgIpc) is 3.15. The standard InChI is InChI=1S/C20H29NO2/c1-23-19(22)11-12-20(17-7-3-2-4-8-17)13-15-21(16-14-20)18-9-5-6-10-18/h2-4,7-8,18H,5-6,9-16H2,1H3. The summed E-state index contributed by atoms with van der Waals surface area (Å²) in [5.41, 5.74) is 1.54. The highest BCUT2D eigenvalue weighted by molar-refractivity contribution is 5.69. The smallest absolute Gasteiger partial charge is 0.305 e. The zero-order valence-electron chi connectivity index (χ0n) is 14.3. The van der Waals surface area contributed by atoms with Crippen molar-refractivity contribution in [3.05, 3.63) is 35.9 Å². The third-order valence-corrected chi connectivity index (χ3v) is 6.02. The Morgan fingerprint density at radius 2 is 1.83 bits per heavy atom. The van der Waals surface area contributed by atoms with Gasteiger partial charge in [-0.1, -0.05) is 43.2 Å². The van der Waals surface area contributed by atoms with Gasteiger partial charge in [-0.25, -0.2) is 0 Å². The van der Waals surface area contributed by atoms with E-state index < -0.39 is 0 Å². The van der Waals surface area contributed by atoms with Crippen LogP contribution in [-0.2, 0) is 14.9 Å². The number of rotatable bonds is 5. The van der Waals surface area contributed by atoms with E-state index in [2.05, 4.69) is 35.2 Å². The molecule has 1 saturated carbocycles. The van der Waals surface area contributed by atoms with Gasteiger partial charge in [0.2, 0.25) is 0 Å². The largest absolute Gasteiger partial charge is 0.469 e. The normalized spacial score (nSPS) is 22.1. The molecule has 2 fully saturated rings. The molecular formula is C20H29NO2. The van der Waals surface area contributed by atoms with E-state index in [-0.39, 0.29) is 11.4 Å². The second-order valence-corrected chi connectivity index (χ2v) is 7.20. The maximum atomic E-state index is 11.7. The SMILES string of the molecule is COC(=O)CCC1(c2ccccc2)CCN(C2CCCC2)CC1. The van der Waals surface area contributed by atoms with Gasteiger partial charge in [0.1, 0.15) is 0 Å². The highest BCUT2D eigenvalue weighted by atomic mass is 16.5. The molecular weight excluding hydrogens is 286 g/mol. The number of piperidine rings is 1. The Morgan fingerprint density at radius 3 is 2.43 bits per heavy atom. The van der Waals surface area contributed by atoms with E-state index in [0.29, 0.717) is 6.42 Å². The number of likely N-dealkylation sites (tertiary alicyclic amines) is 1. The molecule has 23 heavy (non-hydrogen) atoms. The Hall–Kier alpha value is -1.35. The van der Waals surface area contributed by atoms with Gasteiger partial charge in [0.25, 0.3) is 0 Å². The van der Waals surface area contributed by atoms with Crippen LogP contribution in [0.15, 0.2) is 30.3 Å².